The van der Waals surface area contributed by atoms with Crippen LogP contribution in [0.3, 0.4) is 0 Å². The summed E-state index contributed by atoms with van der Waals surface area (Å²) >= 11 is 0. The molecule has 0 bridgehead atoms. The Bertz CT molecular complexity index is 747. The zero-order valence-corrected chi connectivity index (χ0v) is 14.9. The van der Waals surface area contributed by atoms with Crippen LogP contribution in [-0.4, -0.2) is 75.5 Å². The summed E-state index contributed by atoms with van der Waals surface area (Å²) < 4.78 is 6.77. The van der Waals surface area contributed by atoms with Gasteiger partial charge < -0.3 is 9.64 Å². The Morgan fingerprint density at radius 1 is 1.19 bits per heavy atom. The van der Waals surface area contributed by atoms with E-state index in [0.29, 0.717) is 37.6 Å². The number of hydrogen-bond acceptors (Lipinski definition) is 6. The minimum absolute atomic E-state index is 0.0215. The van der Waals surface area contributed by atoms with Gasteiger partial charge in [-0.25, -0.2) is 9.97 Å². The molecule has 2 aromatic rings. The molecule has 138 valence electrons. The molecule has 0 spiro atoms. The minimum atomic E-state index is -0.216. The molecule has 0 unspecified atom stereocenters. The van der Waals surface area contributed by atoms with Gasteiger partial charge in [-0.3, -0.25) is 19.1 Å². The molecule has 26 heavy (non-hydrogen) atoms. The van der Waals surface area contributed by atoms with Gasteiger partial charge in [-0.1, -0.05) is 0 Å². The summed E-state index contributed by atoms with van der Waals surface area (Å²) in [5.41, 5.74) is 0.600. The van der Waals surface area contributed by atoms with E-state index >= 15 is 0 Å². The van der Waals surface area contributed by atoms with Crippen molar-refractivity contribution in [2.45, 2.75) is 13.3 Å². The maximum Gasteiger partial charge on any atom is 0.320 e. The van der Waals surface area contributed by atoms with E-state index in [9.17, 15) is 9.59 Å². The maximum absolute atomic E-state index is 12.9. The Balaban J connectivity index is 1.63. The Kier molecular flexibility index (Phi) is 5.96. The first-order chi connectivity index (χ1) is 12.7. The maximum atomic E-state index is 12.9. The number of carbonyl (C=O) groups excluding carboxylic acids is 2. The molecule has 1 aliphatic rings. The Hall–Kier alpha value is -2.74. The average Bonchev–Trinajstić information content (AvgIpc) is 3.09. The van der Waals surface area contributed by atoms with Crippen molar-refractivity contribution < 1.29 is 14.3 Å². The molecular formula is C18H23N5O3. The van der Waals surface area contributed by atoms with Gasteiger partial charge in [0.05, 0.1) is 13.2 Å². The first-order valence-corrected chi connectivity index (χ1v) is 8.79. The van der Waals surface area contributed by atoms with E-state index in [2.05, 4.69) is 9.97 Å². The van der Waals surface area contributed by atoms with Gasteiger partial charge >= 0.3 is 5.97 Å². The zero-order chi connectivity index (χ0) is 18.4. The molecular weight excluding hydrogens is 334 g/mol. The summed E-state index contributed by atoms with van der Waals surface area (Å²) in [7, 11) is 0. The average molecular weight is 357 g/mol. The van der Waals surface area contributed by atoms with Gasteiger partial charge in [0.1, 0.15) is 12.1 Å². The lowest BCUT2D eigenvalue weighted by molar-refractivity contribution is -0.144. The number of amides is 1. The summed E-state index contributed by atoms with van der Waals surface area (Å²) in [6, 6.07) is 3.50. The molecule has 8 nitrogen and oxygen atoms in total. The lowest BCUT2D eigenvalue weighted by Crippen LogP contribution is -2.37. The number of rotatable bonds is 5. The van der Waals surface area contributed by atoms with Crippen molar-refractivity contribution in [2.24, 2.45) is 0 Å². The second-order valence-electron chi connectivity index (χ2n) is 6.10. The Morgan fingerprint density at radius 2 is 2.08 bits per heavy atom. The third-order valence-electron chi connectivity index (χ3n) is 4.30. The van der Waals surface area contributed by atoms with Crippen LogP contribution in [0, 0.1) is 0 Å². The van der Waals surface area contributed by atoms with Crippen LogP contribution < -0.4 is 0 Å². The van der Waals surface area contributed by atoms with Gasteiger partial charge in [0.25, 0.3) is 5.91 Å². The van der Waals surface area contributed by atoms with Gasteiger partial charge in [-0.15, -0.1) is 0 Å². The van der Waals surface area contributed by atoms with E-state index in [0.717, 1.165) is 13.0 Å². The van der Waals surface area contributed by atoms with Gasteiger partial charge in [0.2, 0.25) is 0 Å². The van der Waals surface area contributed by atoms with Gasteiger partial charge in [0.15, 0.2) is 0 Å². The van der Waals surface area contributed by atoms with Crippen LogP contribution in [0.5, 0.6) is 0 Å². The second-order valence-corrected chi connectivity index (χ2v) is 6.10. The van der Waals surface area contributed by atoms with E-state index in [1.807, 2.05) is 9.80 Å². The van der Waals surface area contributed by atoms with Crippen molar-refractivity contribution in [2.75, 3.05) is 39.3 Å². The van der Waals surface area contributed by atoms with Gasteiger partial charge in [0, 0.05) is 50.3 Å². The number of carbonyl (C=O) groups is 2. The molecule has 0 N–H and O–H groups in total. The van der Waals surface area contributed by atoms with Crippen LogP contribution in [0.15, 0.2) is 37.1 Å². The molecule has 1 aliphatic heterocycles. The van der Waals surface area contributed by atoms with Crippen LogP contribution in [0.2, 0.25) is 0 Å². The summed E-state index contributed by atoms with van der Waals surface area (Å²) in [5.74, 6) is 0.422. The lowest BCUT2D eigenvalue weighted by atomic mass is 10.2. The molecule has 3 heterocycles. The third-order valence-corrected chi connectivity index (χ3v) is 4.30. The van der Waals surface area contributed by atoms with Gasteiger partial charge in [-0.2, -0.15) is 0 Å². The van der Waals surface area contributed by atoms with Crippen molar-refractivity contribution in [1.82, 2.24) is 24.3 Å². The van der Waals surface area contributed by atoms with E-state index in [4.69, 9.17) is 4.74 Å². The number of hydrogen-bond donors (Lipinski definition) is 0. The van der Waals surface area contributed by atoms with E-state index in [-0.39, 0.29) is 18.4 Å². The molecule has 0 aliphatic carbocycles. The fourth-order valence-electron chi connectivity index (χ4n) is 2.99. The standard InChI is InChI=1S/C18H23N5O3/c1-2-26-17(24)13-21-7-3-8-22(11-10-21)18(25)15-4-5-20-16(12-15)23-9-6-19-14-23/h4-6,9,12,14H,2-3,7-8,10-11,13H2,1H3. The molecule has 1 fully saturated rings. The second kappa shape index (κ2) is 8.57. The van der Waals surface area contributed by atoms with Crippen LogP contribution in [0.1, 0.15) is 23.7 Å². The summed E-state index contributed by atoms with van der Waals surface area (Å²) in [5, 5.41) is 0. The van der Waals surface area contributed by atoms with Crippen LogP contribution in [0.4, 0.5) is 0 Å². The fraction of sp³-hybridized carbons (Fsp3) is 0.444. The SMILES string of the molecule is CCOC(=O)CN1CCCN(C(=O)c2ccnc(-n3ccnc3)c2)CC1. The van der Waals surface area contributed by atoms with Crippen LogP contribution in [0.25, 0.3) is 5.82 Å². The predicted octanol–water partition coefficient (Wildman–Crippen LogP) is 0.978. The number of imidazole rings is 1. The van der Waals surface area contributed by atoms with Gasteiger partial charge in [-0.05, 0) is 25.5 Å². The van der Waals surface area contributed by atoms with E-state index in [1.165, 1.54) is 0 Å². The Morgan fingerprint density at radius 3 is 2.85 bits per heavy atom. The number of nitrogens with zero attached hydrogens (tertiary/aromatic N) is 5. The third kappa shape index (κ3) is 4.45. The minimum Gasteiger partial charge on any atom is -0.465 e. The van der Waals surface area contributed by atoms with Crippen molar-refractivity contribution in [3.05, 3.63) is 42.6 Å². The highest BCUT2D eigenvalue weighted by molar-refractivity contribution is 5.94. The van der Waals surface area contributed by atoms with Crippen LogP contribution >= 0.6 is 0 Å². The smallest absolute Gasteiger partial charge is 0.320 e. The van der Waals surface area contributed by atoms with Crippen molar-refractivity contribution >= 4 is 11.9 Å². The van der Waals surface area contributed by atoms with E-state index in [1.54, 1.807) is 48.5 Å². The first-order valence-electron chi connectivity index (χ1n) is 8.79. The topological polar surface area (TPSA) is 80.6 Å². The predicted molar refractivity (Wildman–Crippen MR) is 95.0 cm³/mol. The molecule has 0 aromatic carbocycles. The van der Waals surface area contributed by atoms with E-state index < -0.39 is 0 Å². The highest BCUT2D eigenvalue weighted by Gasteiger charge is 2.22. The van der Waals surface area contributed by atoms with Crippen LogP contribution in [-0.2, 0) is 9.53 Å². The number of pyridine rings is 1. The Labute approximate surface area is 152 Å². The molecule has 2 aromatic heterocycles. The summed E-state index contributed by atoms with van der Waals surface area (Å²) in [6.07, 6.45) is 7.56. The fourth-order valence-corrected chi connectivity index (χ4v) is 2.99. The molecule has 0 saturated carbocycles. The number of esters is 1. The molecule has 3 rings (SSSR count). The first kappa shape index (κ1) is 18.1. The molecule has 8 heteroatoms. The summed E-state index contributed by atoms with van der Waals surface area (Å²) in [6.45, 7) is 5.15. The van der Waals surface area contributed by atoms with Crippen molar-refractivity contribution in [3.8, 4) is 5.82 Å². The molecule has 1 amide bonds. The number of aromatic nitrogens is 3. The van der Waals surface area contributed by atoms with Crippen molar-refractivity contribution in [1.29, 1.82) is 0 Å². The quantitative estimate of drug-likeness (QED) is 0.742. The normalized spacial score (nSPS) is 15.5. The largest absolute Gasteiger partial charge is 0.465 e. The molecule has 1 saturated heterocycles. The number of ether oxygens (including phenoxy) is 1. The highest BCUT2D eigenvalue weighted by atomic mass is 16.5. The monoisotopic (exact) mass is 357 g/mol. The lowest BCUT2D eigenvalue weighted by Gasteiger charge is -2.21. The highest BCUT2D eigenvalue weighted by Crippen LogP contribution is 2.12. The van der Waals surface area contributed by atoms with Crippen molar-refractivity contribution in [3.63, 3.8) is 0 Å². The molecule has 0 atom stereocenters. The zero-order valence-electron chi connectivity index (χ0n) is 14.9. The molecule has 0 radical (unpaired) electrons. The summed E-state index contributed by atoms with van der Waals surface area (Å²) in [4.78, 5) is 36.7.